The minimum absolute atomic E-state index is 0.0871. The van der Waals surface area contributed by atoms with E-state index in [0.29, 0.717) is 11.9 Å². The molecule has 0 unspecified atom stereocenters. The average molecular weight is 188 g/mol. The molecule has 0 rings (SSSR count). The van der Waals surface area contributed by atoms with Gasteiger partial charge in [0.2, 0.25) is 0 Å². The van der Waals surface area contributed by atoms with Gasteiger partial charge in [0.25, 0.3) is 0 Å². The molecule has 0 aromatic carbocycles. The molecular weight excluding hydrogens is 172 g/mol. The van der Waals surface area contributed by atoms with Crippen molar-refractivity contribution in [2.24, 2.45) is 0 Å². The maximum absolute atomic E-state index is 10.2. The van der Waals surface area contributed by atoms with Crippen molar-refractivity contribution >= 4 is 6.29 Å². The molecule has 0 aliphatic carbocycles. The fourth-order valence-corrected chi connectivity index (χ4v) is 0.909. The van der Waals surface area contributed by atoms with E-state index in [0.717, 1.165) is 0 Å². The molecule has 0 aliphatic rings. The highest BCUT2D eigenvalue weighted by Crippen LogP contribution is 2.05. The van der Waals surface area contributed by atoms with Crippen LogP contribution in [0.3, 0.4) is 0 Å². The fraction of sp³-hybridized carbons (Fsp3) is 0.667. The van der Waals surface area contributed by atoms with Crippen molar-refractivity contribution in [2.45, 2.75) is 38.6 Å². The highest BCUT2D eigenvalue weighted by Gasteiger charge is 2.15. The number of carbonyl (C=O) groups excluding carboxylic acids is 1. The molecule has 0 saturated carbocycles. The summed E-state index contributed by atoms with van der Waals surface area (Å²) in [5.41, 5.74) is 0.358. The normalized spacial score (nSPS) is 19.3. The zero-order valence-corrected chi connectivity index (χ0v) is 7.84. The average Bonchev–Trinajstić information content (AvgIpc) is 2.02. The first-order valence-electron chi connectivity index (χ1n) is 4.15. The van der Waals surface area contributed by atoms with Crippen LogP contribution in [-0.2, 0) is 4.79 Å². The van der Waals surface area contributed by atoms with Gasteiger partial charge >= 0.3 is 0 Å². The number of allylic oxidation sites excluding steroid dienone is 1. The van der Waals surface area contributed by atoms with Gasteiger partial charge in [0.1, 0.15) is 6.29 Å². The summed E-state index contributed by atoms with van der Waals surface area (Å²) < 4.78 is 0. The van der Waals surface area contributed by atoms with Crippen LogP contribution in [0.2, 0.25) is 0 Å². The molecule has 0 aliphatic heterocycles. The molecule has 0 radical (unpaired) electrons. The van der Waals surface area contributed by atoms with E-state index in [1.807, 2.05) is 0 Å². The summed E-state index contributed by atoms with van der Waals surface area (Å²) >= 11 is 0. The first-order chi connectivity index (χ1) is 5.97. The van der Waals surface area contributed by atoms with E-state index in [1.54, 1.807) is 0 Å². The van der Waals surface area contributed by atoms with Crippen LogP contribution in [0.25, 0.3) is 0 Å². The van der Waals surface area contributed by atoms with Gasteiger partial charge in [0.05, 0.1) is 18.3 Å². The lowest BCUT2D eigenvalue weighted by atomic mass is 10.1. The van der Waals surface area contributed by atoms with Crippen LogP contribution in [0.5, 0.6) is 0 Å². The van der Waals surface area contributed by atoms with Gasteiger partial charge in [-0.05, 0) is 25.5 Å². The van der Waals surface area contributed by atoms with E-state index in [2.05, 4.69) is 0 Å². The standard InChI is InChI=1S/C9H16O4/c1-6(5-10)3-8(12)9(13)4-7(2)11/h3,5,7-9,11-13H,4H2,1-2H3/b6-3+/t7-,8-,9-/m0/s1. The first kappa shape index (κ1) is 12.3. The Morgan fingerprint density at radius 2 is 1.92 bits per heavy atom. The number of hydrogen-bond acceptors (Lipinski definition) is 4. The fourth-order valence-electron chi connectivity index (χ4n) is 0.909. The van der Waals surface area contributed by atoms with Crippen molar-refractivity contribution in [1.82, 2.24) is 0 Å². The summed E-state index contributed by atoms with van der Waals surface area (Å²) in [6.45, 7) is 3.05. The van der Waals surface area contributed by atoms with Gasteiger partial charge in [-0.3, -0.25) is 4.79 Å². The lowest BCUT2D eigenvalue weighted by Crippen LogP contribution is -2.27. The van der Waals surface area contributed by atoms with Crippen LogP contribution >= 0.6 is 0 Å². The number of aliphatic hydroxyl groups is 3. The van der Waals surface area contributed by atoms with Crippen molar-refractivity contribution < 1.29 is 20.1 Å². The molecule has 13 heavy (non-hydrogen) atoms. The summed E-state index contributed by atoms with van der Waals surface area (Å²) in [4.78, 5) is 10.2. The Morgan fingerprint density at radius 3 is 2.31 bits per heavy atom. The molecule has 0 amide bonds. The SMILES string of the molecule is C/C(C=O)=C\[C@H](O)[C@@H](O)C[C@H](C)O. The van der Waals surface area contributed by atoms with Gasteiger partial charge in [-0.15, -0.1) is 0 Å². The second-order valence-corrected chi connectivity index (χ2v) is 3.17. The van der Waals surface area contributed by atoms with Gasteiger partial charge in [-0.1, -0.05) is 0 Å². The molecule has 0 bridgehead atoms. The maximum Gasteiger partial charge on any atom is 0.145 e. The third-order valence-electron chi connectivity index (χ3n) is 1.60. The van der Waals surface area contributed by atoms with Crippen LogP contribution < -0.4 is 0 Å². The molecule has 3 N–H and O–H groups in total. The number of aliphatic hydroxyl groups excluding tert-OH is 3. The quantitative estimate of drug-likeness (QED) is 0.406. The van der Waals surface area contributed by atoms with Gasteiger partial charge < -0.3 is 15.3 Å². The molecule has 0 aromatic heterocycles. The summed E-state index contributed by atoms with van der Waals surface area (Å²) in [6, 6.07) is 0. The van der Waals surface area contributed by atoms with Crippen LogP contribution in [0, 0.1) is 0 Å². The van der Waals surface area contributed by atoms with Gasteiger partial charge in [-0.25, -0.2) is 0 Å². The highest BCUT2D eigenvalue weighted by molar-refractivity contribution is 5.72. The van der Waals surface area contributed by atoms with Crippen LogP contribution in [0.1, 0.15) is 20.3 Å². The first-order valence-corrected chi connectivity index (χ1v) is 4.15. The van der Waals surface area contributed by atoms with E-state index < -0.39 is 18.3 Å². The van der Waals surface area contributed by atoms with Gasteiger partial charge in [-0.2, -0.15) is 0 Å². The summed E-state index contributed by atoms with van der Waals surface area (Å²) in [5.74, 6) is 0. The van der Waals surface area contributed by atoms with Gasteiger partial charge in [0, 0.05) is 6.42 Å². The number of rotatable bonds is 5. The largest absolute Gasteiger partial charge is 0.393 e. The van der Waals surface area contributed by atoms with Crippen molar-refractivity contribution in [1.29, 1.82) is 0 Å². The van der Waals surface area contributed by atoms with Crippen LogP contribution in [0.4, 0.5) is 0 Å². The van der Waals surface area contributed by atoms with E-state index in [9.17, 15) is 15.0 Å². The second-order valence-electron chi connectivity index (χ2n) is 3.17. The predicted octanol–water partition coefficient (Wildman–Crippen LogP) is -0.376. The Kier molecular flexibility index (Phi) is 5.53. The molecule has 4 heteroatoms. The molecule has 4 nitrogen and oxygen atoms in total. The van der Waals surface area contributed by atoms with E-state index in [4.69, 9.17) is 5.11 Å². The third-order valence-corrected chi connectivity index (χ3v) is 1.60. The Bertz CT molecular complexity index is 186. The molecule has 0 heterocycles. The smallest absolute Gasteiger partial charge is 0.145 e. The van der Waals surface area contributed by atoms with Crippen molar-refractivity contribution in [2.75, 3.05) is 0 Å². The minimum Gasteiger partial charge on any atom is -0.393 e. The van der Waals surface area contributed by atoms with E-state index in [1.165, 1.54) is 19.9 Å². The number of hydrogen-bond donors (Lipinski definition) is 3. The zero-order chi connectivity index (χ0) is 10.4. The Labute approximate surface area is 77.5 Å². The minimum atomic E-state index is -1.10. The van der Waals surface area contributed by atoms with Crippen LogP contribution in [0.15, 0.2) is 11.6 Å². The summed E-state index contributed by atoms with van der Waals surface area (Å²) in [6.07, 6.45) is -0.855. The topological polar surface area (TPSA) is 77.8 Å². The number of carbonyl (C=O) groups is 1. The van der Waals surface area contributed by atoms with E-state index >= 15 is 0 Å². The third kappa shape index (κ3) is 5.52. The van der Waals surface area contributed by atoms with Crippen LogP contribution in [-0.4, -0.2) is 39.9 Å². The Hall–Kier alpha value is -0.710. The lowest BCUT2D eigenvalue weighted by Gasteiger charge is -2.16. The summed E-state index contributed by atoms with van der Waals surface area (Å²) in [7, 11) is 0. The van der Waals surface area contributed by atoms with Crippen molar-refractivity contribution in [3.8, 4) is 0 Å². The molecule has 0 aromatic rings. The van der Waals surface area contributed by atoms with Gasteiger partial charge in [0.15, 0.2) is 0 Å². The zero-order valence-electron chi connectivity index (χ0n) is 7.84. The second kappa shape index (κ2) is 5.85. The van der Waals surface area contributed by atoms with Crippen molar-refractivity contribution in [3.05, 3.63) is 11.6 Å². The Balaban J connectivity index is 4.09. The highest BCUT2D eigenvalue weighted by atomic mass is 16.3. The van der Waals surface area contributed by atoms with E-state index in [-0.39, 0.29) is 6.42 Å². The number of aldehydes is 1. The monoisotopic (exact) mass is 188 g/mol. The molecule has 0 fully saturated rings. The molecule has 0 spiro atoms. The molecule has 76 valence electrons. The van der Waals surface area contributed by atoms with Crippen molar-refractivity contribution in [3.63, 3.8) is 0 Å². The predicted molar refractivity (Wildman–Crippen MR) is 48.1 cm³/mol. The molecular formula is C9H16O4. The lowest BCUT2D eigenvalue weighted by molar-refractivity contribution is -0.104. The Morgan fingerprint density at radius 1 is 1.38 bits per heavy atom. The summed E-state index contributed by atoms with van der Waals surface area (Å²) in [5, 5.41) is 27.4. The molecule has 3 atom stereocenters. The maximum atomic E-state index is 10.2. The molecule has 0 saturated heterocycles.